The molecule has 3 nitrogen and oxygen atoms in total. The van der Waals surface area contributed by atoms with Crippen molar-refractivity contribution in [3.63, 3.8) is 0 Å². The molecule has 6 heteroatoms. The standard InChI is InChI=1S/C13H17F3N2O/c1-3-7(2)12(17)13(19)18-6-9-10(15)4-8(14)5-11(9)16/h4-5,7,12H,3,6,17H2,1-2H3,(H,18,19)/t7?,12-/m0/s1. The lowest BCUT2D eigenvalue weighted by Gasteiger charge is -2.18. The van der Waals surface area contributed by atoms with Crippen LogP contribution in [0.3, 0.4) is 0 Å². The minimum atomic E-state index is -1.03. The lowest BCUT2D eigenvalue weighted by atomic mass is 9.99. The van der Waals surface area contributed by atoms with Crippen LogP contribution in [0, 0.1) is 23.4 Å². The van der Waals surface area contributed by atoms with Gasteiger partial charge in [0.2, 0.25) is 5.91 Å². The average Bonchev–Trinajstić information content (AvgIpc) is 2.35. The van der Waals surface area contributed by atoms with Crippen molar-refractivity contribution in [1.29, 1.82) is 0 Å². The zero-order valence-electron chi connectivity index (χ0n) is 10.8. The van der Waals surface area contributed by atoms with Crippen LogP contribution in [0.15, 0.2) is 12.1 Å². The van der Waals surface area contributed by atoms with E-state index in [1.807, 2.05) is 13.8 Å². The summed E-state index contributed by atoms with van der Waals surface area (Å²) in [6, 6.07) is 0.398. The number of nitrogens with two attached hydrogens (primary N) is 1. The zero-order valence-corrected chi connectivity index (χ0v) is 10.8. The number of hydrogen-bond donors (Lipinski definition) is 2. The van der Waals surface area contributed by atoms with Crippen molar-refractivity contribution in [3.8, 4) is 0 Å². The van der Waals surface area contributed by atoms with Gasteiger partial charge in [-0.3, -0.25) is 4.79 Å². The van der Waals surface area contributed by atoms with Crippen molar-refractivity contribution in [1.82, 2.24) is 5.32 Å². The van der Waals surface area contributed by atoms with Crippen LogP contribution >= 0.6 is 0 Å². The molecule has 0 saturated carbocycles. The normalized spacial score (nSPS) is 14.0. The van der Waals surface area contributed by atoms with Gasteiger partial charge in [-0.25, -0.2) is 13.2 Å². The second kappa shape index (κ2) is 6.56. The minimum Gasteiger partial charge on any atom is -0.350 e. The predicted molar refractivity (Wildman–Crippen MR) is 65.6 cm³/mol. The summed E-state index contributed by atoms with van der Waals surface area (Å²) in [5.41, 5.74) is 5.29. The highest BCUT2D eigenvalue weighted by atomic mass is 19.1. The SMILES string of the molecule is CCC(C)[C@H](N)C(=O)NCc1c(F)cc(F)cc1F. The van der Waals surface area contributed by atoms with Crippen molar-refractivity contribution in [2.75, 3.05) is 0 Å². The summed E-state index contributed by atoms with van der Waals surface area (Å²) in [6.45, 7) is 3.33. The summed E-state index contributed by atoms with van der Waals surface area (Å²) in [5.74, 6) is -3.59. The Balaban J connectivity index is 2.70. The van der Waals surface area contributed by atoms with Crippen LogP contribution in [0.2, 0.25) is 0 Å². The monoisotopic (exact) mass is 274 g/mol. The van der Waals surface area contributed by atoms with Gasteiger partial charge in [0.15, 0.2) is 0 Å². The van der Waals surface area contributed by atoms with Crippen LogP contribution in [-0.4, -0.2) is 11.9 Å². The number of nitrogens with one attached hydrogen (secondary N) is 1. The molecule has 0 bridgehead atoms. The molecular weight excluding hydrogens is 257 g/mol. The van der Waals surface area contributed by atoms with Gasteiger partial charge in [0.05, 0.1) is 6.04 Å². The number of carbonyl (C=O) groups excluding carboxylic acids is 1. The topological polar surface area (TPSA) is 55.1 Å². The second-order valence-electron chi connectivity index (χ2n) is 4.48. The van der Waals surface area contributed by atoms with E-state index in [-0.39, 0.29) is 18.0 Å². The van der Waals surface area contributed by atoms with Crippen LogP contribution in [0.1, 0.15) is 25.8 Å². The molecule has 0 radical (unpaired) electrons. The highest BCUT2D eigenvalue weighted by Crippen LogP contribution is 2.14. The molecule has 19 heavy (non-hydrogen) atoms. The molecular formula is C13H17F3N2O. The first-order chi connectivity index (χ1) is 8.86. The summed E-state index contributed by atoms with van der Waals surface area (Å²) in [5, 5.41) is 2.35. The first-order valence-corrected chi connectivity index (χ1v) is 6.03. The van der Waals surface area contributed by atoms with Crippen molar-refractivity contribution in [2.45, 2.75) is 32.9 Å². The Bertz CT molecular complexity index is 442. The largest absolute Gasteiger partial charge is 0.350 e. The molecule has 0 spiro atoms. The summed E-state index contributed by atoms with van der Waals surface area (Å²) < 4.78 is 39.3. The van der Waals surface area contributed by atoms with Gasteiger partial charge in [-0.1, -0.05) is 20.3 Å². The summed E-state index contributed by atoms with van der Waals surface area (Å²) in [4.78, 5) is 11.7. The van der Waals surface area contributed by atoms with Crippen molar-refractivity contribution >= 4 is 5.91 Å². The Kier molecular flexibility index (Phi) is 5.35. The fourth-order valence-electron chi connectivity index (χ4n) is 1.55. The van der Waals surface area contributed by atoms with Crippen LogP contribution in [0.4, 0.5) is 13.2 Å². The fraction of sp³-hybridized carbons (Fsp3) is 0.462. The van der Waals surface area contributed by atoms with E-state index >= 15 is 0 Å². The predicted octanol–water partition coefficient (Wildman–Crippen LogP) is 2.09. The van der Waals surface area contributed by atoms with Crippen LogP contribution in [-0.2, 0) is 11.3 Å². The van der Waals surface area contributed by atoms with Crippen molar-refractivity contribution in [3.05, 3.63) is 35.1 Å². The van der Waals surface area contributed by atoms with E-state index in [4.69, 9.17) is 5.73 Å². The molecule has 1 rings (SSSR count). The molecule has 0 aromatic heterocycles. The molecule has 3 N–H and O–H groups in total. The van der Waals surface area contributed by atoms with Gasteiger partial charge >= 0.3 is 0 Å². The molecule has 0 fully saturated rings. The minimum absolute atomic E-state index is 0.0390. The molecule has 1 unspecified atom stereocenters. The van der Waals surface area contributed by atoms with Gasteiger partial charge in [0.1, 0.15) is 17.5 Å². The molecule has 1 amide bonds. The number of carbonyl (C=O) groups is 1. The Morgan fingerprint density at radius 2 is 1.84 bits per heavy atom. The molecule has 0 heterocycles. The van der Waals surface area contributed by atoms with Crippen LogP contribution in [0.5, 0.6) is 0 Å². The molecule has 0 aliphatic carbocycles. The van der Waals surface area contributed by atoms with Gasteiger partial charge in [-0.05, 0) is 5.92 Å². The smallest absolute Gasteiger partial charge is 0.237 e. The van der Waals surface area contributed by atoms with Crippen LogP contribution < -0.4 is 11.1 Å². The lowest BCUT2D eigenvalue weighted by molar-refractivity contribution is -0.123. The van der Waals surface area contributed by atoms with E-state index in [0.29, 0.717) is 18.6 Å². The highest BCUT2D eigenvalue weighted by Gasteiger charge is 2.20. The highest BCUT2D eigenvalue weighted by molar-refractivity contribution is 5.81. The summed E-state index contributed by atoms with van der Waals surface area (Å²) >= 11 is 0. The Morgan fingerprint density at radius 1 is 1.32 bits per heavy atom. The maximum atomic E-state index is 13.3. The third kappa shape index (κ3) is 3.96. The van der Waals surface area contributed by atoms with Gasteiger partial charge in [0, 0.05) is 24.2 Å². The maximum absolute atomic E-state index is 13.3. The van der Waals surface area contributed by atoms with Gasteiger partial charge < -0.3 is 11.1 Å². The van der Waals surface area contributed by atoms with E-state index in [0.717, 1.165) is 0 Å². The molecule has 0 aliphatic rings. The third-order valence-electron chi connectivity index (χ3n) is 3.10. The van der Waals surface area contributed by atoms with Gasteiger partial charge in [-0.2, -0.15) is 0 Å². The Morgan fingerprint density at radius 3 is 2.32 bits per heavy atom. The zero-order chi connectivity index (χ0) is 14.6. The number of benzene rings is 1. The number of amides is 1. The number of rotatable bonds is 5. The van der Waals surface area contributed by atoms with Crippen molar-refractivity contribution in [2.24, 2.45) is 11.7 Å². The number of hydrogen-bond acceptors (Lipinski definition) is 2. The first kappa shape index (κ1) is 15.5. The van der Waals surface area contributed by atoms with E-state index in [9.17, 15) is 18.0 Å². The molecule has 106 valence electrons. The second-order valence-corrected chi connectivity index (χ2v) is 4.48. The lowest BCUT2D eigenvalue weighted by Crippen LogP contribution is -2.44. The molecule has 2 atom stereocenters. The summed E-state index contributed by atoms with van der Waals surface area (Å²) in [7, 11) is 0. The first-order valence-electron chi connectivity index (χ1n) is 6.03. The summed E-state index contributed by atoms with van der Waals surface area (Å²) in [6.07, 6.45) is 0.716. The van der Waals surface area contributed by atoms with Crippen LogP contribution in [0.25, 0.3) is 0 Å². The molecule has 1 aromatic carbocycles. The van der Waals surface area contributed by atoms with Gasteiger partial charge in [0.25, 0.3) is 0 Å². The fourth-order valence-corrected chi connectivity index (χ4v) is 1.55. The molecule has 0 aliphatic heterocycles. The average molecular weight is 274 g/mol. The number of halogens is 3. The van der Waals surface area contributed by atoms with E-state index in [1.165, 1.54) is 0 Å². The van der Waals surface area contributed by atoms with E-state index in [1.54, 1.807) is 0 Å². The maximum Gasteiger partial charge on any atom is 0.237 e. The van der Waals surface area contributed by atoms with Crippen molar-refractivity contribution < 1.29 is 18.0 Å². The Labute approximate surface area is 110 Å². The molecule has 0 saturated heterocycles. The van der Waals surface area contributed by atoms with E-state index < -0.39 is 29.4 Å². The third-order valence-corrected chi connectivity index (χ3v) is 3.10. The quantitative estimate of drug-likeness (QED) is 0.864. The van der Waals surface area contributed by atoms with E-state index in [2.05, 4.69) is 5.32 Å². The molecule has 1 aromatic rings. The van der Waals surface area contributed by atoms with Gasteiger partial charge in [-0.15, -0.1) is 0 Å². The Hall–Kier alpha value is -1.56.